The van der Waals surface area contributed by atoms with Gasteiger partial charge in [-0.1, -0.05) is 37.1 Å². The molecule has 2 aromatic carbocycles. The Labute approximate surface area is 251 Å². The third-order valence-corrected chi connectivity index (χ3v) is 9.78. The number of fused-ring (bicyclic) bond motifs is 1. The van der Waals surface area contributed by atoms with E-state index in [-0.39, 0.29) is 18.2 Å². The van der Waals surface area contributed by atoms with Crippen LogP contribution < -0.4 is 9.64 Å². The molecule has 0 bridgehead atoms. The first-order valence-corrected chi connectivity index (χ1v) is 16.1. The SMILES string of the molecule is CCCc1cc(Cl)ccc1C1COc2ccc(C(O)CC(=O)N(C)CC)cc2N(CC2CCC2C2CCCCO2)C1. The van der Waals surface area contributed by atoms with Gasteiger partial charge < -0.3 is 24.4 Å². The van der Waals surface area contributed by atoms with Crippen LogP contribution in [0.2, 0.25) is 5.02 Å². The maximum atomic E-state index is 12.6. The molecular weight excluding hydrogens is 536 g/mol. The lowest BCUT2D eigenvalue weighted by molar-refractivity contribution is -0.131. The molecule has 1 aliphatic carbocycles. The number of aliphatic hydroxyl groups is 1. The molecule has 6 nitrogen and oxygen atoms in total. The van der Waals surface area contributed by atoms with E-state index in [0.29, 0.717) is 31.1 Å². The van der Waals surface area contributed by atoms with Crippen molar-refractivity contribution >= 4 is 23.2 Å². The van der Waals surface area contributed by atoms with Gasteiger partial charge in [0.15, 0.2) is 0 Å². The number of amides is 1. The summed E-state index contributed by atoms with van der Waals surface area (Å²) in [4.78, 5) is 16.7. The van der Waals surface area contributed by atoms with Crippen molar-refractivity contribution in [3.8, 4) is 5.75 Å². The number of halogens is 1. The predicted molar refractivity (Wildman–Crippen MR) is 165 cm³/mol. The maximum absolute atomic E-state index is 12.6. The molecule has 0 radical (unpaired) electrons. The van der Waals surface area contributed by atoms with E-state index in [0.717, 1.165) is 54.6 Å². The van der Waals surface area contributed by atoms with E-state index in [4.69, 9.17) is 21.1 Å². The molecule has 5 unspecified atom stereocenters. The van der Waals surface area contributed by atoms with Gasteiger partial charge in [0, 0.05) is 44.2 Å². The third kappa shape index (κ3) is 7.03. The normalized spacial score (nSPS) is 25.0. The number of carbonyl (C=O) groups excluding carboxylic acids is 1. The highest BCUT2D eigenvalue weighted by Gasteiger charge is 2.40. The van der Waals surface area contributed by atoms with E-state index in [9.17, 15) is 9.90 Å². The second kappa shape index (κ2) is 13.8. The van der Waals surface area contributed by atoms with Gasteiger partial charge in [0.2, 0.25) is 5.91 Å². The first-order valence-electron chi connectivity index (χ1n) is 15.7. The second-order valence-electron chi connectivity index (χ2n) is 12.3. The van der Waals surface area contributed by atoms with E-state index in [1.807, 2.05) is 25.1 Å². The number of benzene rings is 2. The molecule has 5 atom stereocenters. The average Bonchev–Trinajstić information content (AvgIpc) is 3.14. The summed E-state index contributed by atoms with van der Waals surface area (Å²) in [7, 11) is 1.77. The van der Waals surface area contributed by atoms with Crippen molar-refractivity contribution in [1.82, 2.24) is 4.90 Å². The van der Waals surface area contributed by atoms with Crippen molar-refractivity contribution in [2.24, 2.45) is 11.8 Å². The number of ether oxygens (including phenoxy) is 2. The zero-order valence-electron chi connectivity index (χ0n) is 25.0. The van der Waals surface area contributed by atoms with Crippen molar-refractivity contribution in [3.05, 3.63) is 58.1 Å². The van der Waals surface area contributed by atoms with Gasteiger partial charge in [0.05, 0.1) is 30.9 Å². The molecule has 5 rings (SSSR count). The highest BCUT2D eigenvalue weighted by molar-refractivity contribution is 6.30. The summed E-state index contributed by atoms with van der Waals surface area (Å²) in [5.74, 6) is 2.15. The van der Waals surface area contributed by atoms with Crippen LogP contribution in [-0.2, 0) is 16.0 Å². The first-order chi connectivity index (χ1) is 19.9. The lowest BCUT2D eigenvalue weighted by Crippen LogP contribution is -2.45. The summed E-state index contributed by atoms with van der Waals surface area (Å²) >= 11 is 6.42. The molecule has 1 saturated heterocycles. The summed E-state index contributed by atoms with van der Waals surface area (Å²) in [6, 6.07) is 12.2. The van der Waals surface area contributed by atoms with Gasteiger partial charge >= 0.3 is 0 Å². The Morgan fingerprint density at radius 3 is 2.71 bits per heavy atom. The van der Waals surface area contributed by atoms with Crippen LogP contribution in [0.4, 0.5) is 5.69 Å². The highest BCUT2D eigenvalue weighted by Crippen LogP contribution is 2.44. The Bertz CT molecular complexity index is 1180. The van der Waals surface area contributed by atoms with Gasteiger partial charge in [0.1, 0.15) is 5.75 Å². The molecule has 0 spiro atoms. The Morgan fingerprint density at radius 2 is 2.00 bits per heavy atom. The van der Waals surface area contributed by atoms with Gasteiger partial charge in [-0.25, -0.2) is 0 Å². The number of nitrogens with zero attached hydrogens (tertiary/aromatic N) is 2. The van der Waals surface area contributed by atoms with Gasteiger partial charge in [-0.05, 0) is 98.2 Å². The third-order valence-electron chi connectivity index (χ3n) is 9.55. The van der Waals surface area contributed by atoms with E-state index < -0.39 is 6.10 Å². The average molecular weight is 583 g/mol. The molecular formula is C34H47ClN2O4. The van der Waals surface area contributed by atoms with E-state index >= 15 is 0 Å². The van der Waals surface area contributed by atoms with Crippen LogP contribution >= 0.6 is 11.6 Å². The maximum Gasteiger partial charge on any atom is 0.225 e. The summed E-state index contributed by atoms with van der Waals surface area (Å²) < 4.78 is 12.7. The van der Waals surface area contributed by atoms with Crippen LogP contribution in [0.15, 0.2) is 36.4 Å². The lowest BCUT2D eigenvalue weighted by Gasteiger charge is -2.45. The monoisotopic (exact) mass is 582 g/mol. The molecule has 1 saturated carbocycles. The molecule has 1 N–H and O–H groups in total. The van der Waals surface area contributed by atoms with Crippen LogP contribution in [0.3, 0.4) is 0 Å². The predicted octanol–water partition coefficient (Wildman–Crippen LogP) is 6.77. The van der Waals surface area contributed by atoms with Crippen LogP contribution in [0.25, 0.3) is 0 Å². The van der Waals surface area contributed by atoms with Crippen molar-refractivity contribution in [2.75, 3.05) is 44.8 Å². The molecule has 2 aliphatic heterocycles. The van der Waals surface area contributed by atoms with Crippen LogP contribution in [0, 0.1) is 11.8 Å². The van der Waals surface area contributed by atoms with Gasteiger partial charge in [-0.3, -0.25) is 4.79 Å². The molecule has 41 heavy (non-hydrogen) atoms. The molecule has 1 amide bonds. The topological polar surface area (TPSA) is 62.2 Å². The van der Waals surface area contributed by atoms with Crippen molar-refractivity contribution in [1.29, 1.82) is 0 Å². The van der Waals surface area contributed by atoms with E-state index in [1.54, 1.807) is 11.9 Å². The zero-order valence-corrected chi connectivity index (χ0v) is 25.7. The van der Waals surface area contributed by atoms with Crippen molar-refractivity contribution in [2.45, 2.75) is 83.3 Å². The fraction of sp³-hybridized carbons (Fsp3) is 0.618. The minimum atomic E-state index is -0.859. The molecule has 7 heteroatoms. The quantitative estimate of drug-likeness (QED) is 0.335. The van der Waals surface area contributed by atoms with Crippen LogP contribution in [0.5, 0.6) is 5.75 Å². The first kappa shape index (κ1) is 30.2. The number of carbonyl (C=O) groups is 1. The number of anilines is 1. The number of aryl methyl sites for hydroxylation is 1. The molecule has 224 valence electrons. The number of hydrogen-bond acceptors (Lipinski definition) is 5. The Balaban J connectivity index is 1.43. The Morgan fingerprint density at radius 1 is 1.15 bits per heavy atom. The largest absolute Gasteiger partial charge is 0.491 e. The van der Waals surface area contributed by atoms with Crippen LogP contribution in [-0.4, -0.2) is 61.9 Å². The number of aliphatic hydroxyl groups excluding tert-OH is 1. The number of rotatable bonds is 10. The summed E-state index contributed by atoms with van der Waals surface area (Å²) in [5, 5.41) is 11.8. The molecule has 2 fully saturated rings. The molecule has 0 aromatic heterocycles. The van der Waals surface area contributed by atoms with Crippen molar-refractivity contribution < 1.29 is 19.4 Å². The van der Waals surface area contributed by atoms with Gasteiger partial charge in [-0.2, -0.15) is 0 Å². The zero-order chi connectivity index (χ0) is 28.9. The number of hydrogen-bond donors (Lipinski definition) is 1. The lowest BCUT2D eigenvalue weighted by atomic mass is 9.69. The highest BCUT2D eigenvalue weighted by atomic mass is 35.5. The second-order valence-corrected chi connectivity index (χ2v) is 12.7. The van der Waals surface area contributed by atoms with Gasteiger partial charge in [-0.15, -0.1) is 0 Å². The molecule has 3 aliphatic rings. The van der Waals surface area contributed by atoms with Crippen molar-refractivity contribution in [3.63, 3.8) is 0 Å². The smallest absolute Gasteiger partial charge is 0.225 e. The summed E-state index contributed by atoms with van der Waals surface area (Å²) in [5.41, 5.74) is 4.38. The molecule has 2 heterocycles. The summed E-state index contributed by atoms with van der Waals surface area (Å²) in [6.45, 7) is 8.01. The fourth-order valence-corrected chi connectivity index (χ4v) is 7.05. The Kier molecular flexibility index (Phi) is 10.2. The fourth-order valence-electron chi connectivity index (χ4n) is 6.85. The van der Waals surface area contributed by atoms with Gasteiger partial charge in [0.25, 0.3) is 0 Å². The van der Waals surface area contributed by atoms with Crippen LogP contribution in [0.1, 0.15) is 87.5 Å². The minimum Gasteiger partial charge on any atom is -0.491 e. The van der Waals surface area contributed by atoms with E-state index in [2.05, 4.69) is 30.0 Å². The molecule has 2 aromatic rings. The minimum absolute atomic E-state index is 0.0564. The standard InChI is InChI=1S/C34H47ClN2O4/c1-4-8-23-17-27(35)12-14-28(23)26-21-37(20-25-10-13-29(25)32-9-6-7-16-40-32)30-18-24(11-15-33(30)41-22-26)31(38)19-34(39)36(3)5-2/h11-12,14-15,17-18,25-26,29,31-32,38H,4-10,13,16,19-22H2,1-3H3. The Hall–Kier alpha value is -2.28. The van der Waals surface area contributed by atoms with E-state index in [1.165, 1.54) is 43.2 Å². The summed E-state index contributed by atoms with van der Waals surface area (Å²) in [6.07, 6.45) is 7.69.